The van der Waals surface area contributed by atoms with E-state index >= 15 is 0 Å². The summed E-state index contributed by atoms with van der Waals surface area (Å²) in [5.41, 5.74) is 1.60. The Balaban J connectivity index is 1.94. The normalized spacial score (nSPS) is 14.1. The smallest absolute Gasteiger partial charge is 0.261 e. The summed E-state index contributed by atoms with van der Waals surface area (Å²) in [6.07, 6.45) is 0. The second-order valence-electron chi connectivity index (χ2n) is 4.32. The van der Waals surface area contributed by atoms with E-state index in [0.29, 0.717) is 22.0 Å². The number of hydrogen-bond donors (Lipinski definition) is 0. The molecule has 0 fully saturated rings. The lowest BCUT2D eigenvalue weighted by atomic mass is 10.1. The first kappa shape index (κ1) is 11.9. The highest BCUT2D eigenvalue weighted by Gasteiger charge is 2.35. The number of amides is 2. The van der Waals surface area contributed by atoms with Crippen LogP contribution in [0.25, 0.3) is 0 Å². The molecule has 2 amide bonds. The third-order valence-electron chi connectivity index (χ3n) is 3.15. The lowest BCUT2D eigenvalue weighted by molar-refractivity contribution is 0.0639. The fourth-order valence-corrected chi connectivity index (χ4v) is 2.40. The first-order valence-electron chi connectivity index (χ1n) is 5.71. The molecule has 2 aromatic rings. The van der Waals surface area contributed by atoms with Crippen molar-refractivity contribution in [1.29, 1.82) is 0 Å². The minimum absolute atomic E-state index is 0.169. The molecule has 3 rings (SSSR count). The zero-order valence-corrected chi connectivity index (χ0v) is 10.9. The molecule has 19 heavy (non-hydrogen) atoms. The number of halogens is 1. The van der Waals surface area contributed by atoms with Crippen molar-refractivity contribution in [3.05, 3.63) is 52.3 Å². The van der Waals surface area contributed by atoms with Crippen LogP contribution in [0.4, 0.5) is 0 Å². The summed E-state index contributed by atoms with van der Waals surface area (Å²) in [6, 6.07) is 8.45. The summed E-state index contributed by atoms with van der Waals surface area (Å²) in [7, 11) is 1.72. The third-order valence-corrected chi connectivity index (χ3v) is 3.33. The average molecular weight is 276 g/mol. The highest BCUT2D eigenvalue weighted by atomic mass is 35.5. The fourth-order valence-electron chi connectivity index (χ4n) is 2.16. The number of aryl methyl sites for hydroxylation is 1. The Bertz CT molecular complexity index is 658. The second kappa shape index (κ2) is 4.20. The molecule has 0 bridgehead atoms. The highest BCUT2D eigenvalue weighted by Crippen LogP contribution is 2.24. The average Bonchev–Trinajstić information content (AvgIpc) is 2.83. The number of aromatic nitrogens is 2. The van der Waals surface area contributed by atoms with Gasteiger partial charge in [0.25, 0.3) is 11.8 Å². The van der Waals surface area contributed by atoms with Crippen LogP contribution in [0.3, 0.4) is 0 Å². The molecular formula is C13H10ClN3O2. The molecular weight excluding hydrogens is 266 g/mol. The quantitative estimate of drug-likeness (QED) is 0.786. The van der Waals surface area contributed by atoms with Gasteiger partial charge in [0.1, 0.15) is 0 Å². The summed E-state index contributed by atoms with van der Waals surface area (Å²) in [5.74, 6) is -0.559. The number of imide groups is 1. The lowest BCUT2D eigenvalue weighted by Gasteiger charge is -2.13. The molecule has 1 aliphatic heterocycles. The van der Waals surface area contributed by atoms with Gasteiger partial charge in [-0.05, 0) is 12.1 Å². The number of fused-ring (bicyclic) bond motifs is 1. The van der Waals surface area contributed by atoms with Crippen molar-refractivity contribution >= 4 is 23.4 Å². The van der Waals surface area contributed by atoms with Crippen LogP contribution >= 0.6 is 11.6 Å². The molecule has 0 unspecified atom stereocenters. The number of nitrogens with zero attached hydrogens (tertiary/aromatic N) is 3. The van der Waals surface area contributed by atoms with Crippen molar-refractivity contribution in [2.24, 2.45) is 7.05 Å². The summed E-state index contributed by atoms with van der Waals surface area (Å²) in [4.78, 5) is 25.6. The molecule has 0 atom stereocenters. The number of carbonyl (C=O) groups excluding carboxylic acids is 2. The largest absolute Gasteiger partial charge is 0.269 e. The van der Waals surface area contributed by atoms with Gasteiger partial charge in [0.15, 0.2) is 5.15 Å². The van der Waals surface area contributed by atoms with Gasteiger partial charge in [-0.3, -0.25) is 19.2 Å². The van der Waals surface area contributed by atoms with Gasteiger partial charge < -0.3 is 0 Å². The number of rotatable bonds is 2. The first-order valence-corrected chi connectivity index (χ1v) is 6.09. The van der Waals surface area contributed by atoms with Gasteiger partial charge in [-0.25, -0.2) is 0 Å². The van der Waals surface area contributed by atoms with Crippen molar-refractivity contribution in [3.8, 4) is 0 Å². The Hall–Kier alpha value is -2.14. The van der Waals surface area contributed by atoms with E-state index in [1.807, 2.05) is 0 Å². The maximum atomic E-state index is 12.2. The highest BCUT2D eigenvalue weighted by molar-refractivity contribution is 6.29. The number of benzene rings is 1. The molecule has 0 N–H and O–H groups in total. The van der Waals surface area contributed by atoms with Crippen molar-refractivity contribution < 1.29 is 9.59 Å². The zero-order chi connectivity index (χ0) is 13.6. The van der Waals surface area contributed by atoms with E-state index in [-0.39, 0.29) is 18.4 Å². The van der Waals surface area contributed by atoms with E-state index in [1.54, 1.807) is 42.1 Å². The minimum Gasteiger partial charge on any atom is -0.269 e. The monoisotopic (exact) mass is 275 g/mol. The molecule has 0 aliphatic carbocycles. The Labute approximate surface area is 114 Å². The molecule has 6 heteroatoms. The van der Waals surface area contributed by atoms with Crippen molar-refractivity contribution in [1.82, 2.24) is 14.7 Å². The van der Waals surface area contributed by atoms with E-state index < -0.39 is 0 Å². The maximum Gasteiger partial charge on any atom is 0.261 e. The predicted octanol–water partition coefficient (Wildman–Crippen LogP) is 1.87. The van der Waals surface area contributed by atoms with Crippen LogP contribution in [0, 0.1) is 0 Å². The van der Waals surface area contributed by atoms with Crippen LogP contribution in [-0.2, 0) is 13.6 Å². The molecule has 96 valence electrons. The molecule has 1 aromatic heterocycles. The lowest BCUT2D eigenvalue weighted by Crippen LogP contribution is -2.30. The van der Waals surface area contributed by atoms with Crippen LogP contribution in [0.2, 0.25) is 5.15 Å². The van der Waals surface area contributed by atoms with E-state index in [0.717, 1.165) is 0 Å². The van der Waals surface area contributed by atoms with E-state index in [4.69, 9.17) is 11.6 Å². The Morgan fingerprint density at radius 1 is 1.16 bits per heavy atom. The van der Waals surface area contributed by atoms with Gasteiger partial charge in [-0.15, -0.1) is 0 Å². The van der Waals surface area contributed by atoms with E-state index in [2.05, 4.69) is 5.10 Å². The maximum absolute atomic E-state index is 12.2. The van der Waals surface area contributed by atoms with E-state index in [1.165, 1.54) is 4.90 Å². The molecule has 2 heterocycles. The van der Waals surface area contributed by atoms with Gasteiger partial charge in [-0.2, -0.15) is 5.10 Å². The summed E-state index contributed by atoms with van der Waals surface area (Å²) < 4.78 is 1.56. The van der Waals surface area contributed by atoms with Crippen LogP contribution in [-0.4, -0.2) is 26.5 Å². The molecule has 1 aliphatic rings. The van der Waals surface area contributed by atoms with Crippen LogP contribution < -0.4 is 0 Å². The van der Waals surface area contributed by atoms with Crippen molar-refractivity contribution in [2.45, 2.75) is 6.54 Å². The Kier molecular flexibility index (Phi) is 2.64. The van der Waals surface area contributed by atoms with Crippen LogP contribution in [0.15, 0.2) is 30.3 Å². The molecule has 0 saturated heterocycles. The zero-order valence-electron chi connectivity index (χ0n) is 10.1. The Morgan fingerprint density at radius 2 is 1.74 bits per heavy atom. The first-order chi connectivity index (χ1) is 9.08. The molecule has 1 aromatic carbocycles. The standard InChI is InChI=1S/C13H10ClN3O2/c1-16-8(6-11(14)15-16)7-17-12(18)9-4-2-3-5-10(9)13(17)19/h2-6H,7H2,1H3. The van der Waals surface area contributed by atoms with Crippen molar-refractivity contribution in [3.63, 3.8) is 0 Å². The summed E-state index contributed by atoms with van der Waals surface area (Å²) in [5, 5.41) is 4.33. The van der Waals surface area contributed by atoms with Gasteiger partial charge in [0.2, 0.25) is 0 Å². The van der Waals surface area contributed by atoms with Gasteiger partial charge in [0.05, 0.1) is 23.4 Å². The van der Waals surface area contributed by atoms with Gasteiger partial charge in [0, 0.05) is 13.1 Å². The van der Waals surface area contributed by atoms with Crippen LogP contribution in [0.5, 0.6) is 0 Å². The SMILES string of the molecule is Cn1nc(Cl)cc1CN1C(=O)c2ccccc2C1=O. The number of hydrogen-bond acceptors (Lipinski definition) is 3. The second-order valence-corrected chi connectivity index (χ2v) is 4.71. The topological polar surface area (TPSA) is 55.2 Å². The summed E-state index contributed by atoms with van der Waals surface area (Å²) in [6.45, 7) is 0.169. The Morgan fingerprint density at radius 3 is 2.21 bits per heavy atom. The predicted molar refractivity (Wildman–Crippen MR) is 68.9 cm³/mol. The van der Waals surface area contributed by atoms with Crippen molar-refractivity contribution in [2.75, 3.05) is 0 Å². The molecule has 0 spiro atoms. The van der Waals surface area contributed by atoms with Gasteiger partial charge >= 0.3 is 0 Å². The molecule has 0 saturated carbocycles. The summed E-state index contributed by atoms with van der Waals surface area (Å²) >= 11 is 5.79. The molecule has 0 radical (unpaired) electrons. The minimum atomic E-state index is -0.280. The number of carbonyl (C=O) groups is 2. The van der Waals surface area contributed by atoms with Gasteiger partial charge in [-0.1, -0.05) is 23.7 Å². The van der Waals surface area contributed by atoms with Crippen LogP contribution in [0.1, 0.15) is 26.4 Å². The fraction of sp³-hybridized carbons (Fsp3) is 0.154. The van der Waals surface area contributed by atoms with E-state index in [9.17, 15) is 9.59 Å². The molecule has 5 nitrogen and oxygen atoms in total. The third kappa shape index (κ3) is 1.82.